The molecule has 3 aromatic rings. The zero-order chi connectivity index (χ0) is 17.4. The van der Waals surface area contributed by atoms with Gasteiger partial charge in [-0.1, -0.05) is 36.7 Å². The highest BCUT2D eigenvalue weighted by atomic mass is 35.5. The van der Waals surface area contributed by atoms with Crippen LogP contribution >= 0.6 is 11.6 Å². The third kappa shape index (κ3) is 2.61. The summed E-state index contributed by atoms with van der Waals surface area (Å²) in [5.74, 6) is -0.120. The standard InChI is InChI=1S/C18H18ClN3O2/c1-4-12(18(23)24)9-14-11(2)20-21(3)17(14)22-10-15(19)13-7-5-6-8-16(13)22/h5-10H,4H2,1-3H3,(H,23,24)/b12-9+. The molecule has 3 rings (SSSR count). The fraction of sp³-hybridized carbons (Fsp3) is 0.222. The van der Waals surface area contributed by atoms with E-state index in [0.29, 0.717) is 17.0 Å². The maximum atomic E-state index is 11.4. The molecule has 124 valence electrons. The van der Waals surface area contributed by atoms with Crippen molar-refractivity contribution in [2.45, 2.75) is 20.3 Å². The van der Waals surface area contributed by atoms with Gasteiger partial charge in [-0.3, -0.25) is 9.25 Å². The minimum absolute atomic E-state index is 0.343. The first kappa shape index (κ1) is 16.3. The number of aryl methyl sites for hydroxylation is 2. The molecule has 0 spiro atoms. The number of rotatable bonds is 4. The van der Waals surface area contributed by atoms with Crippen LogP contribution in [0.15, 0.2) is 36.0 Å². The molecule has 0 amide bonds. The summed E-state index contributed by atoms with van der Waals surface area (Å²) in [6, 6.07) is 7.83. The molecule has 0 aliphatic carbocycles. The summed E-state index contributed by atoms with van der Waals surface area (Å²) in [6.45, 7) is 3.70. The molecule has 0 atom stereocenters. The van der Waals surface area contributed by atoms with Crippen molar-refractivity contribution in [3.05, 3.63) is 52.3 Å². The van der Waals surface area contributed by atoms with E-state index < -0.39 is 5.97 Å². The zero-order valence-corrected chi connectivity index (χ0v) is 14.5. The summed E-state index contributed by atoms with van der Waals surface area (Å²) in [4.78, 5) is 11.4. The number of fused-ring (bicyclic) bond motifs is 1. The van der Waals surface area contributed by atoms with E-state index in [1.807, 2.05) is 55.9 Å². The molecule has 24 heavy (non-hydrogen) atoms. The molecule has 0 aliphatic heterocycles. The Balaban J connectivity index is 2.31. The van der Waals surface area contributed by atoms with Crippen LogP contribution in [0.3, 0.4) is 0 Å². The summed E-state index contributed by atoms with van der Waals surface area (Å²) in [7, 11) is 1.84. The number of para-hydroxylation sites is 1. The molecule has 0 saturated carbocycles. The first-order chi connectivity index (χ1) is 11.4. The van der Waals surface area contributed by atoms with Crippen LogP contribution < -0.4 is 0 Å². The summed E-state index contributed by atoms with van der Waals surface area (Å²) >= 11 is 6.36. The van der Waals surface area contributed by atoms with Crippen LogP contribution in [-0.4, -0.2) is 25.4 Å². The van der Waals surface area contributed by atoms with E-state index in [0.717, 1.165) is 28.0 Å². The van der Waals surface area contributed by atoms with E-state index in [1.165, 1.54) is 0 Å². The van der Waals surface area contributed by atoms with Crippen molar-refractivity contribution < 1.29 is 9.90 Å². The quantitative estimate of drug-likeness (QED) is 0.722. The van der Waals surface area contributed by atoms with Crippen molar-refractivity contribution in [2.75, 3.05) is 0 Å². The Bertz CT molecular complexity index is 966. The van der Waals surface area contributed by atoms with E-state index in [1.54, 1.807) is 10.8 Å². The van der Waals surface area contributed by atoms with E-state index in [-0.39, 0.29) is 0 Å². The van der Waals surface area contributed by atoms with Gasteiger partial charge in [0.2, 0.25) is 0 Å². The molecular formula is C18H18ClN3O2. The minimum Gasteiger partial charge on any atom is -0.478 e. The van der Waals surface area contributed by atoms with Gasteiger partial charge >= 0.3 is 5.97 Å². The maximum Gasteiger partial charge on any atom is 0.331 e. The van der Waals surface area contributed by atoms with Gasteiger partial charge in [0.15, 0.2) is 0 Å². The zero-order valence-electron chi connectivity index (χ0n) is 13.7. The maximum absolute atomic E-state index is 11.4. The van der Waals surface area contributed by atoms with Gasteiger partial charge < -0.3 is 5.11 Å². The molecule has 0 unspecified atom stereocenters. The van der Waals surface area contributed by atoms with Gasteiger partial charge in [0, 0.05) is 29.8 Å². The van der Waals surface area contributed by atoms with Gasteiger partial charge in [0.05, 0.1) is 16.2 Å². The molecule has 6 heteroatoms. The fourth-order valence-electron chi connectivity index (χ4n) is 2.92. The second-order valence-electron chi connectivity index (χ2n) is 5.64. The highest BCUT2D eigenvalue weighted by Gasteiger charge is 2.18. The van der Waals surface area contributed by atoms with E-state index in [2.05, 4.69) is 5.10 Å². The van der Waals surface area contributed by atoms with Crippen molar-refractivity contribution in [2.24, 2.45) is 7.05 Å². The number of aromatic nitrogens is 3. The second kappa shape index (κ2) is 6.17. The number of hydrogen-bond donors (Lipinski definition) is 1. The van der Waals surface area contributed by atoms with Crippen LogP contribution in [-0.2, 0) is 11.8 Å². The van der Waals surface area contributed by atoms with Crippen molar-refractivity contribution >= 4 is 34.5 Å². The van der Waals surface area contributed by atoms with Gasteiger partial charge in [-0.15, -0.1) is 0 Å². The topological polar surface area (TPSA) is 60.0 Å². The van der Waals surface area contributed by atoms with Gasteiger partial charge in [-0.05, 0) is 25.5 Å². The van der Waals surface area contributed by atoms with Crippen LogP contribution in [0.1, 0.15) is 24.6 Å². The molecule has 5 nitrogen and oxygen atoms in total. The SMILES string of the molecule is CC/C(=C\c1c(C)nn(C)c1-n1cc(Cl)c2ccccc21)C(=O)O. The summed E-state index contributed by atoms with van der Waals surface area (Å²) in [6.07, 6.45) is 3.98. The lowest BCUT2D eigenvalue weighted by atomic mass is 10.1. The van der Waals surface area contributed by atoms with Gasteiger partial charge in [0.1, 0.15) is 5.82 Å². The Morgan fingerprint density at radius 2 is 2.08 bits per heavy atom. The molecule has 0 radical (unpaired) electrons. The van der Waals surface area contributed by atoms with Gasteiger partial charge in [-0.25, -0.2) is 4.79 Å². The van der Waals surface area contributed by atoms with E-state index in [4.69, 9.17) is 11.6 Å². The molecule has 0 saturated heterocycles. The van der Waals surface area contributed by atoms with Crippen LogP contribution in [0.5, 0.6) is 0 Å². The number of halogens is 1. The Kier molecular flexibility index (Phi) is 4.20. The summed E-state index contributed by atoms with van der Waals surface area (Å²) in [5, 5.41) is 15.4. The smallest absolute Gasteiger partial charge is 0.331 e. The van der Waals surface area contributed by atoms with Crippen LogP contribution in [0.4, 0.5) is 0 Å². The number of nitrogens with zero attached hydrogens (tertiary/aromatic N) is 3. The number of carbonyl (C=O) groups is 1. The minimum atomic E-state index is -0.915. The first-order valence-corrected chi connectivity index (χ1v) is 8.05. The Hall–Kier alpha value is -2.53. The molecule has 0 bridgehead atoms. The van der Waals surface area contributed by atoms with Crippen LogP contribution in [0.25, 0.3) is 22.8 Å². The lowest BCUT2D eigenvalue weighted by Crippen LogP contribution is -2.04. The van der Waals surface area contributed by atoms with Gasteiger partial charge in [0.25, 0.3) is 0 Å². The number of benzene rings is 1. The van der Waals surface area contributed by atoms with Crippen LogP contribution in [0, 0.1) is 6.92 Å². The van der Waals surface area contributed by atoms with Crippen molar-refractivity contribution in [3.63, 3.8) is 0 Å². The normalized spacial score (nSPS) is 12.1. The van der Waals surface area contributed by atoms with Crippen LogP contribution in [0.2, 0.25) is 5.02 Å². The average Bonchev–Trinajstić information content (AvgIpc) is 3.01. The monoisotopic (exact) mass is 343 g/mol. The summed E-state index contributed by atoms with van der Waals surface area (Å²) in [5.41, 5.74) is 2.85. The molecular weight excluding hydrogens is 326 g/mol. The predicted octanol–water partition coefficient (Wildman–Crippen LogP) is 4.20. The van der Waals surface area contributed by atoms with Crippen molar-refractivity contribution in [1.82, 2.24) is 14.3 Å². The largest absolute Gasteiger partial charge is 0.478 e. The molecule has 2 heterocycles. The van der Waals surface area contributed by atoms with Crippen molar-refractivity contribution in [3.8, 4) is 5.82 Å². The molecule has 2 aromatic heterocycles. The van der Waals surface area contributed by atoms with Gasteiger partial charge in [-0.2, -0.15) is 5.10 Å². The Labute approximate surface area is 144 Å². The summed E-state index contributed by atoms with van der Waals surface area (Å²) < 4.78 is 3.71. The third-order valence-corrected chi connectivity index (χ3v) is 4.40. The number of carboxylic acid groups (broad SMARTS) is 1. The average molecular weight is 344 g/mol. The second-order valence-corrected chi connectivity index (χ2v) is 6.05. The molecule has 0 aliphatic rings. The lowest BCUT2D eigenvalue weighted by Gasteiger charge is -2.08. The number of carboxylic acids is 1. The van der Waals surface area contributed by atoms with E-state index >= 15 is 0 Å². The highest BCUT2D eigenvalue weighted by Crippen LogP contribution is 2.31. The highest BCUT2D eigenvalue weighted by molar-refractivity contribution is 6.35. The van der Waals surface area contributed by atoms with E-state index in [9.17, 15) is 9.90 Å². The fourth-order valence-corrected chi connectivity index (χ4v) is 3.18. The molecule has 1 aromatic carbocycles. The predicted molar refractivity (Wildman–Crippen MR) is 95.7 cm³/mol. The molecule has 0 fully saturated rings. The van der Waals surface area contributed by atoms with Crippen molar-refractivity contribution in [1.29, 1.82) is 0 Å². The molecule has 1 N–H and O–H groups in total. The number of aliphatic carboxylic acids is 1. The first-order valence-electron chi connectivity index (χ1n) is 7.67. The Morgan fingerprint density at radius 1 is 1.38 bits per heavy atom. The third-order valence-electron chi connectivity index (χ3n) is 4.10. The Morgan fingerprint density at radius 3 is 2.75 bits per heavy atom. The lowest BCUT2D eigenvalue weighted by molar-refractivity contribution is -0.132. The number of hydrogen-bond acceptors (Lipinski definition) is 2.